The first kappa shape index (κ1) is 8.24. The van der Waals surface area contributed by atoms with Crippen LogP contribution >= 0.6 is 0 Å². The lowest BCUT2D eigenvalue weighted by Crippen LogP contribution is -2.20. The van der Waals surface area contributed by atoms with E-state index in [1.807, 2.05) is 0 Å². The molecule has 1 rings (SSSR count). The van der Waals surface area contributed by atoms with Crippen LogP contribution in [0.5, 0.6) is 0 Å². The summed E-state index contributed by atoms with van der Waals surface area (Å²) in [6.07, 6.45) is 2.76. The van der Waals surface area contributed by atoms with E-state index in [1.165, 1.54) is 0 Å². The molecule has 1 saturated heterocycles. The van der Waals surface area contributed by atoms with Crippen LogP contribution in [0.25, 0.3) is 0 Å². The van der Waals surface area contributed by atoms with E-state index in [0.717, 1.165) is 19.1 Å². The largest absolute Gasteiger partial charge is 0.355 e. The van der Waals surface area contributed by atoms with E-state index in [-0.39, 0.29) is 17.7 Å². The summed E-state index contributed by atoms with van der Waals surface area (Å²) in [5, 5.41) is 2.69. The van der Waals surface area contributed by atoms with Crippen molar-refractivity contribution in [1.29, 1.82) is 0 Å². The van der Waals surface area contributed by atoms with E-state index < -0.39 is 0 Å². The maximum atomic E-state index is 10.9. The fourth-order valence-electron chi connectivity index (χ4n) is 1.52. The van der Waals surface area contributed by atoms with Gasteiger partial charge in [-0.2, -0.15) is 0 Å². The molecule has 0 aromatic rings. The van der Waals surface area contributed by atoms with Crippen LogP contribution in [0.2, 0.25) is 0 Å². The van der Waals surface area contributed by atoms with Crippen molar-refractivity contribution in [2.75, 3.05) is 6.54 Å². The summed E-state index contributed by atoms with van der Waals surface area (Å²) in [5.74, 6) is -0.238. The first-order valence-electron chi connectivity index (χ1n) is 4.02. The summed E-state index contributed by atoms with van der Waals surface area (Å²) in [6, 6.07) is 0. The Bertz CT molecular complexity index is 167. The summed E-state index contributed by atoms with van der Waals surface area (Å²) in [4.78, 5) is 21.4. The third-order valence-electron chi connectivity index (χ3n) is 2.16. The third-order valence-corrected chi connectivity index (χ3v) is 2.16. The zero-order chi connectivity index (χ0) is 8.27. The summed E-state index contributed by atoms with van der Waals surface area (Å²) < 4.78 is 0. The molecule has 0 aromatic heterocycles. The maximum Gasteiger partial charge on any atom is 0.230 e. The number of hydrogen-bond donors (Lipinski definition) is 1. The van der Waals surface area contributed by atoms with Gasteiger partial charge in [0.25, 0.3) is 0 Å². The SMILES string of the molecule is CCCC1CNC(=O)C1C=O. The second-order valence-corrected chi connectivity index (χ2v) is 2.96. The molecule has 0 saturated carbocycles. The standard InChI is InChI=1S/C8H13NO2/c1-2-3-6-4-9-8(11)7(6)5-10/h5-7H,2-4H2,1H3,(H,9,11). The predicted molar refractivity (Wildman–Crippen MR) is 41.0 cm³/mol. The monoisotopic (exact) mass is 155 g/mol. The van der Waals surface area contributed by atoms with Crippen molar-refractivity contribution in [3.8, 4) is 0 Å². The molecule has 1 aliphatic heterocycles. The van der Waals surface area contributed by atoms with Gasteiger partial charge in [0.2, 0.25) is 5.91 Å². The normalized spacial score (nSPS) is 30.1. The van der Waals surface area contributed by atoms with Gasteiger partial charge in [0, 0.05) is 6.54 Å². The van der Waals surface area contributed by atoms with Gasteiger partial charge in [-0.1, -0.05) is 13.3 Å². The summed E-state index contributed by atoms with van der Waals surface area (Å²) in [5.41, 5.74) is 0. The molecular weight excluding hydrogens is 142 g/mol. The molecule has 2 atom stereocenters. The molecule has 11 heavy (non-hydrogen) atoms. The summed E-state index contributed by atoms with van der Waals surface area (Å²) in [7, 11) is 0. The van der Waals surface area contributed by atoms with Gasteiger partial charge in [-0.3, -0.25) is 4.79 Å². The minimum atomic E-state index is -0.380. The molecule has 1 heterocycles. The third kappa shape index (κ3) is 1.59. The number of aldehydes is 1. The maximum absolute atomic E-state index is 10.9. The van der Waals surface area contributed by atoms with Crippen LogP contribution in [0, 0.1) is 11.8 Å². The Hall–Kier alpha value is -0.860. The van der Waals surface area contributed by atoms with Gasteiger partial charge in [0.05, 0.1) is 5.92 Å². The van der Waals surface area contributed by atoms with Gasteiger partial charge in [0.1, 0.15) is 6.29 Å². The van der Waals surface area contributed by atoms with Crippen LogP contribution in [-0.4, -0.2) is 18.7 Å². The van der Waals surface area contributed by atoms with Crippen LogP contribution in [0.4, 0.5) is 0 Å². The van der Waals surface area contributed by atoms with Crippen molar-refractivity contribution in [3.05, 3.63) is 0 Å². The lowest BCUT2D eigenvalue weighted by Gasteiger charge is -2.08. The molecule has 0 aliphatic carbocycles. The molecule has 3 nitrogen and oxygen atoms in total. The average Bonchev–Trinajstić information content (AvgIpc) is 2.33. The minimum Gasteiger partial charge on any atom is -0.355 e. The molecule has 0 bridgehead atoms. The second kappa shape index (κ2) is 3.51. The quantitative estimate of drug-likeness (QED) is 0.472. The fraction of sp³-hybridized carbons (Fsp3) is 0.750. The van der Waals surface area contributed by atoms with Crippen molar-refractivity contribution in [1.82, 2.24) is 5.32 Å². The lowest BCUT2D eigenvalue weighted by molar-refractivity contribution is -0.127. The Morgan fingerprint density at radius 2 is 2.45 bits per heavy atom. The first-order valence-corrected chi connectivity index (χ1v) is 4.02. The highest BCUT2D eigenvalue weighted by molar-refractivity contribution is 5.93. The van der Waals surface area contributed by atoms with Gasteiger partial charge >= 0.3 is 0 Å². The van der Waals surface area contributed by atoms with Crippen LogP contribution in [0.15, 0.2) is 0 Å². The van der Waals surface area contributed by atoms with Crippen LogP contribution in [-0.2, 0) is 9.59 Å². The van der Waals surface area contributed by atoms with Gasteiger partial charge in [0.15, 0.2) is 0 Å². The molecule has 1 fully saturated rings. The molecule has 0 radical (unpaired) electrons. The van der Waals surface area contributed by atoms with Crippen LogP contribution in [0.3, 0.4) is 0 Å². The van der Waals surface area contributed by atoms with Crippen molar-refractivity contribution >= 4 is 12.2 Å². The van der Waals surface area contributed by atoms with Crippen molar-refractivity contribution in [2.24, 2.45) is 11.8 Å². The molecule has 62 valence electrons. The lowest BCUT2D eigenvalue weighted by atomic mass is 9.93. The Kier molecular flexibility index (Phi) is 2.63. The smallest absolute Gasteiger partial charge is 0.230 e. The van der Waals surface area contributed by atoms with Gasteiger partial charge in [-0.25, -0.2) is 0 Å². The molecule has 0 aromatic carbocycles. The van der Waals surface area contributed by atoms with Gasteiger partial charge in [-0.05, 0) is 12.3 Å². The average molecular weight is 155 g/mol. The number of carbonyl (C=O) groups excluding carboxylic acids is 2. The topological polar surface area (TPSA) is 46.2 Å². The Morgan fingerprint density at radius 3 is 3.00 bits per heavy atom. The van der Waals surface area contributed by atoms with E-state index >= 15 is 0 Å². The van der Waals surface area contributed by atoms with Gasteiger partial charge < -0.3 is 10.1 Å². The first-order chi connectivity index (χ1) is 5.29. The van der Waals surface area contributed by atoms with E-state index in [4.69, 9.17) is 0 Å². The molecule has 2 unspecified atom stereocenters. The second-order valence-electron chi connectivity index (χ2n) is 2.96. The Labute approximate surface area is 66.2 Å². The molecule has 3 heteroatoms. The predicted octanol–water partition coefficient (Wildman–Crippen LogP) is 0.348. The molecule has 0 spiro atoms. The van der Waals surface area contributed by atoms with Crippen molar-refractivity contribution in [2.45, 2.75) is 19.8 Å². The zero-order valence-corrected chi connectivity index (χ0v) is 6.67. The van der Waals surface area contributed by atoms with Crippen LogP contribution < -0.4 is 5.32 Å². The van der Waals surface area contributed by atoms with Crippen molar-refractivity contribution in [3.63, 3.8) is 0 Å². The van der Waals surface area contributed by atoms with Crippen LogP contribution in [0.1, 0.15) is 19.8 Å². The number of rotatable bonds is 3. The summed E-state index contributed by atoms with van der Waals surface area (Å²) in [6.45, 7) is 2.74. The molecule has 1 aliphatic rings. The van der Waals surface area contributed by atoms with E-state index in [2.05, 4.69) is 12.2 Å². The molecule has 1 amide bonds. The highest BCUT2D eigenvalue weighted by Crippen LogP contribution is 2.20. The number of carbonyl (C=O) groups is 2. The van der Waals surface area contributed by atoms with E-state index in [1.54, 1.807) is 0 Å². The Balaban J connectivity index is 2.53. The van der Waals surface area contributed by atoms with Crippen molar-refractivity contribution < 1.29 is 9.59 Å². The number of hydrogen-bond acceptors (Lipinski definition) is 2. The number of nitrogens with one attached hydrogen (secondary N) is 1. The fourth-order valence-corrected chi connectivity index (χ4v) is 1.52. The minimum absolute atomic E-state index is 0.0987. The van der Waals surface area contributed by atoms with E-state index in [0.29, 0.717) is 6.54 Å². The zero-order valence-electron chi connectivity index (χ0n) is 6.67. The molecule has 1 N–H and O–H groups in total. The highest BCUT2D eigenvalue weighted by atomic mass is 16.2. The van der Waals surface area contributed by atoms with E-state index in [9.17, 15) is 9.59 Å². The summed E-state index contributed by atoms with van der Waals surface area (Å²) >= 11 is 0. The van der Waals surface area contributed by atoms with Gasteiger partial charge in [-0.15, -0.1) is 0 Å². The highest BCUT2D eigenvalue weighted by Gasteiger charge is 2.33. The Morgan fingerprint density at radius 1 is 1.73 bits per heavy atom. The molecular formula is C8H13NO2. The number of amides is 1.